The Morgan fingerprint density at radius 2 is 2.00 bits per heavy atom. The van der Waals surface area contributed by atoms with E-state index in [0.717, 1.165) is 19.5 Å². The molecular formula is C12H15NO3. The Labute approximate surface area is 94.8 Å². The number of rotatable bonds is 3. The largest absolute Gasteiger partial charge is 0.497 e. The molecule has 1 aliphatic rings. The predicted molar refractivity (Wildman–Crippen MR) is 60.1 cm³/mol. The standard InChI is InChI=1S/C12H15NO3/c1-15-9-4-5-11(16-2)10(8-9)12(14)13-6-3-7-13/h4-5,8H,3,6-7H2,1-2H3. The number of hydrogen-bond donors (Lipinski definition) is 0. The van der Waals surface area contributed by atoms with E-state index in [-0.39, 0.29) is 5.91 Å². The first-order valence-electron chi connectivity index (χ1n) is 5.27. The van der Waals surface area contributed by atoms with E-state index in [2.05, 4.69) is 0 Å². The van der Waals surface area contributed by atoms with Crippen molar-refractivity contribution in [1.82, 2.24) is 4.90 Å². The van der Waals surface area contributed by atoms with Crippen molar-refractivity contribution in [3.8, 4) is 11.5 Å². The lowest BCUT2D eigenvalue weighted by Crippen LogP contribution is -2.42. The third kappa shape index (κ3) is 1.83. The first-order chi connectivity index (χ1) is 7.76. The lowest BCUT2D eigenvalue weighted by Gasteiger charge is -2.31. The van der Waals surface area contributed by atoms with Crippen molar-refractivity contribution in [3.63, 3.8) is 0 Å². The van der Waals surface area contributed by atoms with E-state index in [0.29, 0.717) is 17.1 Å². The van der Waals surface area contributed by atoms with Crippen LogP contribution in [-0.2, 0) is 0 Å². The van der Waals surface area contributed by atoms with Crippen molar-refractivity contribution in [2.45, 2.75) is 6.42 Å². The van der Waals surface area contributed by atoms with E-state index in [1.807, 2.05) is 0 Å². The van der Waals surface area contributed by atoms with Crippen LogP contribution in [0.4, 0.5) is 0 Å². The van der Waals surface area contributed by atoms with Crippen molar-refractivity contribution in [2.24, 2.45) is 0 Å². The number of nitrogens with zero attached hydrogens (tertiary/aromatic N) is 1. The van der Waals surface area contributed by atoms with Gasteiger partial charge in [-0.25, -0.2) is 0 Å². The van der Waals surface area contributed by atoms with Crippen LogP contribution in [0.3, 0.4) is 0 Å². The predicted octanol–water partition coefficient (Wildman–Crippen LogP) is 1.55. The van der Waals surface area contributed by atoms with Gasteiger partial charge in [0.05, 0.1) is 19.8 Å². The molecule has 0 N–H and O–H groups in total. The Kier molecular flexibility index (Phi) is 2.99. The molecule has 0 atom stereocenters. The number of carbonyl (C=O) groups is 1. The molecule has 0 radical (unpaired) electrons. The summed E-state index contributed by atoms with van der Waals surface area (Å²) in [6.07, 6.45) is 1.08. The van der Waals surface area contributed by atoms with E-state index in [4.69, 9.17) is 9.47 Å². The average Bonchev–Trinajstić information content (AvgIpc) is 2.25. The molecule has 2 rings (SSSR count). The van der Waals surface area contributed by atoms with Crippen LogP contribution in [0.25, 0.3) is 0 Å². The number of amides is 1. The van der Waals surface area contributed by atoms with Gasteiger partial charge in [-0.1, -0.05) is 0 Å². The van der Waals surface area contributed by atoms with Gasteiger partial charge in [-0.15, -0.1) is 0 Å². The second kappa shape index (κ2) is 4.43. The molecule has 0 spiro atoms. The SMILES string of the molecule is COc1ccc(OC)c(C(=O)N2CCC2)c1. The Balaban J connectivity index is 2.31. The van der Waals surface area contributed by atoms with Gasteiger partial charge in [0.2, 0.25) is 0 Å². The molecule has 4 heteroatoms. The molecule has 0 aliphatic carbocycles. The molecule has 0 unspecified atom stereocenters. The summed E-state index contributed by atoms with van der Waals surface area (Å²) >= 11 is 0. The molecule has 1 aliphatic heterocycles. The highest BCUT2D eigenvalue weighted by molar-refractivity contribution is 5.97. The first-order valence-corrected chi connectivity index (χ1v) is 5.27. The summed E-state index contributed by atoms with van der Waals surface area (Å²) < 4.78 is 10.3. The van der Waals surface area contributed by atoms with Crippen LogP contribution in [-0.4, -0.2) is 38.1 Å². The van der Waals surface area contributed by atoms with E-state index in [1.54, 1.807) is 37.3 Å². The smallest absolute Gasteiger partial charge is 0.257 e. The summed E-state index contributed by atoms with van der Waals surface area (Å²) in [5, 5.41) is 0. The maximum Gasteiger partial charge on any atom is 0.257 e. The van der Waals surface area contributed by atoms with Crippen LogP contribution >= 0.6 is 0 Å². The Morgan fingerprint density at radius 1 is 1.25 bits per heavy atom. The summed E-state index contributed by atoms with van der Waals surface area (Å²) in [6.45, 7) is 1.67. The van der Waals surface area contributed by atoms with Crippen LogP contribution < -0.4 is 9.47 Å². The monoisotopic (exact) mass is 221 g/mol. The molecule has 1 aromatic rings. The highest BCUT2D eigenvalue weighted by atomic mass is 16.5. The number of ether oxygens (including phenoxy) is 2. The number of carbonyl (C=O) groups excluding carboxylic acids is 1. The quantitative estimate of drug-likeness (QED) is 0.777. The molecule has 0 aromatic heterocycles. The summed E-state index contributed by atoms with van der Waals surface area (Å²) in [5.74, 6) is 1.28. The maximum absolute atomic E-state index is 12.1. The molecule has 0 saturated carbocycles. The molecule has 1 saturated heterocycles. The summed E-state index contributed by atoms with van der Waals surface area (Å²) in [5.41, 5.74) is 0.571. The van der Waals surface area contributed by atoms with Crippen LogP contribution in [0, 0.1) is 0 Å². The molecule has 4 nitrogen and oxygen atoms in total. The number of benzene rings is 1. The molecule has 0 bridgehead atoms. The molecule has 1 aromatic carbocycles. The topological polar surface area (TPSA) is 38.8 Å². The van der Waals surface area contributed by atoms with Crippen LogP contribution in [0.15, 0.2) is 18.2 Å². The second-order valence-corrected chi connectivity index (χ2v) is 3.71. The van der Waals surface area contributed by atoms with Crippen molar-refractivity contribution in [3.05, 3.63) is 23.8 Å². The second-order valence-electron chi connectivity index (χ2n) is 3.71. The summed E-state index contributed by atoms with van der Waals surface area (Å²) in [6, 6.07) is 5.26. The zero-order valence-electron chi connectivity index (χ0n) is 9.53. The third-order valence-electron chi connectivity index (χ3n) is 2.78. The molecule has 1 fully saturated rings. The zero-order chi connectivity index (χ0) is 11.5. The van der Waals surface area contributed by atoms with Gasteiger partial charge in [-0.2, -0.15) is 0 Å². The normalized spacial score (nSPS) is 14.2. The van der Waals surface area contributed by atoms with Crippen LogP contribution in [0.5, 0.6) is 11.5 Å². The number of likely N-dealkylation sites (tertiary alicyclic amines) is 1. The van der Waals surface area contributed by atoms with Crippen LogP contribution in [0.1, 0.15) is 16.8 Å². The van der Waals surface area contributed by atoms with Gasteiger partial charge in [0.25, 0.3) is 5.91 Å². The minimum absolute atomic E-state index is 0.0157. The third-order valence-corrected chi connectivity index (χ3v) is 2.78. The van der Waals surface area contributed by atoms with Crippen molar-refractivity contribution < 1.29 is 14.3 Å². The van der Waals surface area contributed by atoms with Gasteiger partial charge < -0.3 is 14.4 Å². The summed E-state index contributed by atoms with van der Waals surface area (Å²) in [4.78, 5) is 13.9. The van der Waals surface area contributed by atoms with Crippen molar-refractivity contribution >= 4 is 5.91 Å². The van der Waals surface area contributed by atoms with Gasteiger partial charge in [0, 0.05) is 13.1 Å². The minimum Gasteiger partial charge on any atom is -0.497 e. The fraction of sp³-hybridized carbons (Fsp3) is 0.417. The molecule has 16 heavy (non-hydrogen) atoms. The first kappa shape index (κ1) is 10.8. The van der Waals surface area contributed by atoms with Gasteiger partial charge in [0.15, 0.2) is 0 Å². The summed E-state index contributed by atoms with van der Waals surface area (Å²) in [7, 11) is 3.15. The molecule has 86 valence electrons. The van der Waals surface area contributed by atoms with Gasteiger partial charge in [-0.3, -0.25) is 4.79 Å². The number of hydrogen-bond acceptors (Lipinski definition) is 3. The molecular weight excluding hydrogens is 206 g/mol. The van der Waals surface area contributed by atoms with Gasteiger partial charge in [-0.05, 0) is 24.6 Å². The highest BCUT2D eigenvalue weighted by Gasteiger charge is 2.24. The molecule has 1 heterocycles. The van der Waals surface area contributed by atoms with Crippen molar-refractivity contribution in [2.75, 3.05) is 27.3 Å². The van der Waals surface area contributed by atoms with Gasteiger partial charge in [0.1, 0.15) is 11.5 Å². The van der Waals surface area contributed by atoms with Crippen LogP contribution in [0.2, 0.25) is 0 Å². The van der Waals surface area contributed by atoms with Crippen molar-refractivity contribution in [1.29, 1.82) is 0 Å². The Bertz CT molecular complexity index is 399. The zero-order valence-corrected chi connectivity index (χ0v) is 9.53. The Morgan fingerprint density at radius 3 is 2.50 bits per heavy atom. The fourth-order valence-corrected chi connectivity index (χ4v) is 1.67. The van der Waals surface area contributed by atoms with E-state index in [9.17, 15) is 4.79 Å². The van der Waals surface area contributed by atoms with E-state index < -0.39 is 0 Å². The van der Waals surface area contributed by atoms with Gasteiger partial charge >= 0.3 is 0 Å². The van der Waals surface area contributed by atoms with E-state index in [1.165, 1.54) is 0 Å². The lowest BCUT2D eigenvalue weighted by atomic mass is 10.1. The highest BCUT2D eigenvalue weighted by Crippen LogP contribution is 2.26. The Hall–Kier alpha value is -1.71. The maximum atomic E-state index is 12.1. The molecule has 1 amide bonds. The fourth-order valence-electron chi connectivity index (χ4n) is 1.67. The lowest BCUT2D eigenvalue weighted by molar-refractivity contribution is 0.0648. The minimum atomic E-state index is 0.0157. The van der Waals surface area contributed by atoms with E-state index >= 15 is 0 Å². The average molecular weight is 221 g/mol. The number of methoxy groups -OCH3 is 2.